The average Bonchev–Trinajstić information content (AvgIpc) is 2.75. The molecule has 0 aliphatic heterocycles. The molecule has 0 bridgehead atoms. The molecule has 0 saturated heterocycles. The Labute approximate surface area is 186 Å². The fourth-order valence-corrected chi connectivity index (χ4v) is 4.02. The lowest BCUT2D eigenvalue weighted by atomic mass is 9.69. The van der Waals surface area contributed by atoms with Crippen molar-refractivity contribution in [1.29, 1.82) is 5.26 Å². The van der Waals surface area contributed by atoms with E-state index < -0.39 is 5.41 Å². The van der Waals surface area contributed by atoms with Crippen molar-refractivity contribution < 1.29 is 9.47 Å². The molecule has 2 aromatic rings. The van der Waals surface area contributed by atoms with Gasteiger partial charge in [-0.15, -0.1) is 0 Å². The summed E-state index contributed by atoms with van der Waals surface area (Å²) in [6.45, 7) is 6.04. The second-order valence-corrected chi connectivity index (χ2v) is 8.36. The molecule has 2 rings (SSSR count). The van der Waals surface area contributed by atoms with Crippen LogP contribution in [0, 0.1) is 17.2 Å². The van der Waals surface area contributed by atoms with Gasteiger partial charge in [0.05, 0.1) is 25.7 Å². The van der Waals surface area contributed by atoms with E-state index in [0.717, 1.165) is 49.4 Å². The Kier molecular flexibility index (Phi) is 9.49. The molecule has 0 amide bonds. The standard InChI is InChI=1S/C25H33ClN2O2/c1-19(2)25(18-27,21-15-23(29-3)17-24(16-21)30-4)11-7-13-28-12-6-9-20-8-5-10-22(26)14-20/h5,8,10,14-17,19,28H,6-7,9,11-13H2,1-4H3. The highest BCUT2D eigenvalue weighted by Gasteiger charge is 2.36. The summed E-state index contributed by atoms with van der Waals surface area (Å²) in [5.41, 5.74) is 1.64. The lowest BCUT2D eigenvalue weighted by Crippen LogP contribution is -2.32. The third kappa shape index (κ3) is 6.39. The highest BCUT2D eigenvalue weighted by molar-refractivity contribution is 6.30. The van der Waals surface area contributed by atoms with Gasteiger partial charge in [0.25, 0.3) is 0 Å². The van der Waals surface area contributed by atoms with Crippen LogP contribution >= 0.6 is 11.6 Å². The highest BCUT2D eigenvalue weighted by Crippen LogP contribution is 2.39. The molecular weight excluding hydrogens is 396 g/mol. The molecule has 1 atom stereocenters. The molecule has 0 spiro atoms. The number of ether oxygens (including phenoxy) is 2. The van der Waals surface area contributed by atoms with E-state index in [9.17, 15) is 5.26 Å². The fourth-order valence-electron chi connectivity index (χ4n) is 3.81. The molecule has 162 valence electrons. The van der Waals surface area contributed by atoms with Crippen LogP contribution in [0.4, 0.5) is 0 Å². The molecule has 2 aromatic carbocycles. The minimum Gasteiger partial charge on any atom is -0.497 e. The maximum absolute atomic E-state index is 10.2. The third-order valence-electron chi connectivity index (χ3n) is 5.68. The molecule has 0 radical (unpaired) electrons. The van der Waals surface area contributed by atoms with Gasteiger partial charge < -0.3 is 14.8 Å². The summed E-state index contributed by atoms with van der Waals surface area (Å²) >= 11 is 6.04. The molecule has 0 aliphatic carbocycles. The minimum atomic E-state index is -0.579. The molecule has 0 fully saturated rings. The SMILES string of the molecule is COc1cc(OC)cc(C(C#N)(CCCNCCCc2cccc(Cl)c2)C(C)C)c1. The zero-order valence-electron chi connectivity index (χ0n) is 18.5. The van der Waals surface area contributed by atoms with Crippen molar-refractivity contribution in [2.45, 2.75) is 44.9 Å². The lowest BCUT2D eigenvalue weighted by molar-refractivity contribution is 0.348. The number of halogens is 1. The second-order valence-electron chi connectivity index (χ2n) is 7.93. The molecule has 5 heteroatoms. The van der Waals surface area contributed by atoms with E-state index in [2.05, 4.69) is 31.3 Å². The van der Waals surface area contributed by atoms with Gasteiger partial charge >= 0.3 is 0 Å². The summed E-state index contributed by atoms with van der Waals surface area (Å²) in [6.07, 6.45) is 3.76. The van der Waals surface area contributed by atoms with Gasteiger partial charge in [0.15, 0.2) is 0 Å². The lowest BCUT2D eigenvalue weighted by Gasteiger charge is -2.32. The van der Waals surface area contributed by atoms with E-state index in [-0.39, 0.29) is 5.92 Å². The van der Waals surface area contributed by atoms with Crippen molar-refractivity contribution in [3.63, 3.8) is 0 Å². The number of aryl methyl sites for hydroxylation is 1. The molecule has 4 nitrogen and oxygen atoms in total. The topological polar surface area (TPSA) is 54.3 Å². The Morgan fingerprint density at radius 3 is 2.27 bits per heavy atom. The molecule has 30 heavy (non-hydrogen) atoms. The number of nitriles is 1. The number of hydrogen-bond donors (Lipinski definition) is 1. The normalized spacial score (nSPS) is 13.0. The van der Waals surface area contributed by atoms with E-state index >= 15 is 0 Å². The van der Waals surface area contributed by atoms with Crippen LogP contribution in [-0.2, 0) is 11.8 Å². The van der Waals surface area contributed by atoms with Crippen LogP contribution in [0.15, 0.2) is 42.5 Å². The van der Waals surface area contributed by atoms with Crippen LogP contribution in [0.5, 0.6) is 11.5 Å². The van der Waals surface area contributed by atoms with E-state index in [0.29, 0.717) is 11.5 Å². The number of hydrogen-bond acceptors (Lipinski definition) is 4. The average molecular weight is 429 g/mol. The summed E-state index contributed by atoms with van der Waals surface area (Å²) < 4.78 is 10.8. The first-order chi connectivity index (χ1) is 14.4. The number of nitrogens with zero attached hydrogens (tertiary/aromatic N) is 1. The van der Waals surface area contributed by atoms with Gasteiger partial charge in [-0.05, 0) is 80.1 Å². The predicted molar refractivity (Wildman–Crippen MR) is 124 cm³/mol. The third-order valence-corrected chi connectivity index (χ3v) is 5.92. The van der Waals surface area contributed by atoms with Crippen molar-refractivity contribution in [2.24, 2.45) is 5.92 Å². The van der Waals surface area contributed by atoms with Crippen molar-refractivity contribution in [2.75, 3.05) is 27.3 Å². The molecule has 0 aromatic heterocycles. The van der Waals surface area contributed by atoms with Crippen LogP contribution in [0.25, 0.3) is 0 Å². The maximum Gasteiger partial charge on any atom is 0.122 e. The van der Waals surface area contributed by atoms with Crippen LogP contribution < -0.4 is 14.8 Å². The Morgan fingerprint density at radius 2 is 1.70 bits per heavy atom. The first-order valence-corrected chi connectivity index (χ1v) is 10.9. The molecule has 1 unspecified atom stereocenters. The van der Waals surface area contributed by atoms with Crippen molar-refractivity contribution in [3.05, 3.63) is 58.6 Å². The van der Waals surface area contributed by atoms with Gasteiger partial charge in [0.1, 0.15) is 11.5 Å². The first kappa shape index (κ1) is 24.1. The smallest absolute Gasteiger partial charge is 0.122 e. The van der Waals surface area contributed by atoms with Crippen LogP contribution in [-0.4, -0.2) is 27.3 Å². The minimum absolute atomic E-state index is 0.169. The Morgan fingerprint density at radius 1 is 1.03 bits per heavy atom. The summed E-state index contributed by atoms with van der Waals surface area (Å²) in [6, 6.07) is 16.4. The van der Waals surface area contributed by atoms with Gasteiger partial charge in [0.2, 0.25) is 0 Å². The molecule has 0 aliphatic rings. The van der Waals surface area contributed by atoms with E-state index in [1.54, 1.807) is 14.2 Å². The van der Waals surface area contributed by atoms with Crippen LogP contribution in [0.2, 0.25) is 5.02 Å². The quantitative estimate of drug-likeness (QED) is 0.435. The van der Waals surface area contributed by atoms with Gasteiger partial charge in [-0.3, -0.25) is 0 Å². The van der Waals surface area contributed by atoms with E-state index in [1.807, 2.05) is 36.4 Å². The highest BCUT2D eigenvalue weighted by atomic mass is 35.5. The summed E-state index contributed by atoms with van der Waals surface area (Å²) in [5, 5.41) is 14.5. The predicted octanol–water partition coefficient (Wildman–Crippen LogP) is 5.78. The van der Waals surface area contributed by atoms with Crippen molar-refractivity contribution >= 4 is 11.6 Å². The first-order valence-electron chi connectivity index (χ1n) is 10.5. The van der Waals surface area contributed by atoms with E-state index in [1.165, 1.54) is 5.56 Å². The summed E-state index contributed by atoms with van der Waals surface area (Å²) in [4.78, 5) is 0. The second kappa shape index (κ2) is 11.8. The Bertz CT molecular complexity index is 825. The van der Waals surface area contributed by atoms with E-state index in [4.69, 9.17) is 21.1 Å². The Balaban J connectivity index is 1.92. The maximum atomic E-state index is 10.2. The number of methoxy groups -OCH3 is 2. The summed E-state index contributed by atoms with van der Waals surface area (Å²) in [7, 11) is 3.27. The zero-order valence-corrected chi connectivity index (χ0v) is 19.3. The van der Waals surface area contributed by atoms with Gasteiger partial charge in [-0.25, -0.2) is 0 Å². The molecule has 0 saturated carbocycles. The fraction of sp³-hybridized carbons (Fsp3) is 0.480. The molecular formula is C25H33ClN2O2. The van der Waals surface area contributed by atoms with Crippen LogP contribution in [0.1, 0.15) is 44.2 Å². The largest absolute Gasteiger partial charge is 0.497 e. The molecule has 0 heterocycles. The number of benzene rings is 2. The summed E-state index contributed by atoms with van der Waals surface area (Å²) in [5.74, 6) is 1.59. The van der Waals surface area contributed by atoms with Crippen LogP contribution in [0.3, 0.4) is 0 Å². The van der Waals surface area contributed by atoms with Gasteiger partial charge in [0, 0.05) is 11.1 Å². The van der Waals surface area contributed by atoms with Gasteiger partial charge in [-0.1, -0.05) is 37.6 Å². The zero-order chi connectivity index (χ0) is 22.0. The monoisotopic (exact) mass is 428 g/mol. The van der Waals surface area contributed by atoms with Crippen molar-refractivity contribution in [1.82, 2.24) is 5.32 Å². The molecule has 1 N–H and O–H groups in total. The number of nitrogens with one attached hydrogen (secondary N) is 1. The van der Waals surface area contributed by atoms with Crippen molar-refractivity contribution in [3.8, 4) is 17.6 Å². The number of rotatable bonds is 12. The van der Waals surface area contributed by atoms with Gasteiger partial charge in [-0.2, -0.15) is 5.26 Å². The Hall–Kier alpha value is -2.22.